The number of amides is 1. The van der Waals surface area contributed by atoms with Gasteiger partial charge >= 0.3 is 5.97 Å². The molecule has 0 radical (unpaired) electrons. The molecule has 128 valence electrons. The van der Waals surface area contributed by atoms with Gasteiger partial charge in [-0.2, -0.15) is 5.26 Å². The van der Waals surface area contributed by atoms with E-state index in [1.54, 1.807) is 6.92 Å². The van der Waals surface area contributed by atoms with E-state index in [4.69, 9.17) is 12.2 Å². The van der Waals surface area contributed by atoms with Crippen LogP contribution in [0.5, 0.6) is 0 Å². The number of nitriles is 1. The molecule has 0 aliphatic rings. The summed E-state index contributed by atoms with van der Waals surface area (Å²) in [7, 11) is 1.24. The summed E-state index contributed by atoms with van der Waals surface area (Å²) in [4.78, 5) is 24.0. The number of benzene rings is 1. The van der Waals surface area contributed by atoms with Gasteiger partial charge in [0.1, 0.15) is 21.8 Å². The summed E-state index contributed by atoms with van der Waals surface area (Å²) in [6.07, 6.45) is 0. The van der Waals surface area contributed by atoms with Gasteiger partial charge in [-0.25, -0.2) is 9.18 Å². The number of methoxy groups -OCH3 is 1. The largest absolute Gasteiger partial charge is 0.465 e. The van der Waals surface area contributed by atoms with Gasteiger partial charge in [-0.05, 0) is 42.9 Å². The van der Waals surface area contributed by atoms with Gasteiger partial charge in [0.25, 0.3) is 5.91 Å². The minimum absolute atomic E-state index is 0.0802. The highest BCUT2D eigenvalue weighted by Gasteiger charge is 2.21. The number of carbonyl (C=O) groups excluding carboxylic acids is 2. The van der Waals surface area contributed by atoms with E-state index < -0.39 is 17.7 Å². The standard InChI is InChI=1S/C16H12FN3O3S2/c1-8-11(7-18)14(25-12(8)15(22)23-2)20-16(24)19-13(21)9-4-3-5-10(17)6-9/h3-6H,1-2H3,(H2,19,20,21,24). The third-order valence-electron chi connectivity index (χ3n) is 3.17. The maximum atomic E-state index is 13.2. The van der Waals surface area contributed by atoms with E-state index in [1.807, 2.05) is 6.07 Å². The zero-order valence-corrected chi connectivity index (χ0v) is 14.8. The van der Waals surface area contributed by atoms with E-state index >= 15 is 0 Å². The van der Waals surface area contributed by atoms with E-state index in [0.29, 0.717) is 10.6 Å². The molecule has 0 aliphatic heterocycles. The Morgan fingerprint density at radius 3 is 2.72 bits per heavy atom. The van der Waals surface area contributed by atoms with Crippen molar-refractivity contribution in [2.75, 3.05) is 12.4 Å². The lowest BCUT2D eigenvalue weighted by atomic mass is 10.2. The fraction of sp³-hybridized carbons (Fsp3) is 0.125. The first-order valence-electron chi connectivity index (χ1n) is 6.87. The maximum absolute atomic E-state index is 13.2. The summed E-state index contributed by atoms with van der Waals surface area (Å²) in [5.74, 6) is -1.71. The molecule has 1 amide bonds. The van der Waals surface area contributed by atoms with Crippen molar-refractivity contribution in [1.29, 1.82) is 5.26 Å². The van der Waals surface area contributed by atoms with E-state index in [0.717, 1.165) is 17.4 Å². The highest BCUT2D eigenvalue weighted by Crippen LogP contribution is 2.32. The molecular formula is C16H12FN3O3S2. The molecule has 1 aromatic carbocycles. The summed E-state index contributed by atoms with van der Waals surface area (Å²) in [6.45, 7) is 1.61. The van der Waals surface area contributed by atoms with Crippen molar-refractivity contribution in [3.8, 4) is 6.07 Å². The molecule has 2 N–H and O–H groups in total. The molecule has 0 saturated heterocycles. The van der Waals surface area contributed by atoms with Gasteiger partial charge in [0.15, 0.2) is 5.11 Å². The van der Waals surface area contributed by atoms with Crippen molar-refractivity contribution in [2.45, 2.75) is 6.92 Å². The molecule has 0 fully saturated rings. The van der Waals surface area contributed by atoms with E-state index in [9.17, 15) is 19.2 Å². The van der Waals surface area contributed by atoms with Crippen LogP contribution in [-0.4, -0.2) is 24.1 Å². The summed E-state index contributed by atoms with van der Waals surface area (Å²) >= 11 is 6.03. The third kappa shape index (κ3) is 4.17. The molecule has 0 atom stereocenters. The van der Waals surface area contributed by atoms with Gasteiger partial charge in [0.2, 0.25) is 0 Å². The monoisotopic (exact) mass is 377 g/mol. The van der Waals surface area contributed by atoms with Crippen LogP contribution in [0.15, 0.2) is 24.3 Å². The molecule has 9 heteroatoms. The first-order chi connectivity index (χ1) is 11.9. The lowest BCUT2D eigenvalue weighted by Gasteiger charge is -2.08. The second-order valence-electron chi connectivity index (χ2n) is 4.78. The van der Waals surface area contributed by atoms with Gasteiger partial charge in [-0.1, -0.05) is 6.07 Å². The minimum Gasteiger partial charge on any atom is -0.465 e. The Morgan fingerprint density at radius 1 is 1.40 bits per heavy atom. The van der Waals surface area contributed by atoms with E-state index in [-0.39, 0.29) is 21.1 Å². The zero-order valence-electron chi connectivity index (χ0n) is 13.2. The van der Waals surface area contributed by atoms with Crippen molar-refractivity contribution in [3.05, 3.63) is 51.7 Å². The first-order valence-corrected chi connectivity index (χ1v) is 8.09. The topological polar surface area (TPSA) is 91.2 Å². The molecule has 0 bridgehead atoms. The predicted octanol–water partition coefficient (Wildman–Crippen LogP) is 2.98. The number of nitrogens with zero attached hydrogens (tertiary/aromatic N) is 1. The Hall–Kier alpha value is -2.83. The normalized spacial score (nSPS) is 9.84. The number of thiophene rings is 1. The van der Waals surface area contributed by atoms with Gasteiger partial charge in [-0.3, -0.25) is 10.1 Å². The average Bonchev–Trinajstić information content (AvgIpc) is 2.89. The van der Waals surface area contributed by atoms with Gasteiger partial charge in [0, 0.05) is 5.56 Å². The number of nitrogens with one attached hydrogen (secondary N) is 2. The van der Waals surface area contributed by atoms with Crippen LogP contribution in [0.25, 0.3) is 0 Å². The van der Waals surface area contributed by atoms with Crippen LogP contribution in [0, 0.1) is 24.1 Å². The first kappa shape index (κ1) is 18.5. The summed E-state index contributed by atoms with van der Waals surface area (Å²) in [5.41, 5.74) is 0.788. The number of hydrogen-bond acceptors (Lipinski definition) is 6. The minimum atomic E-state index is -0.600. The highest BCUT2D eigenvalue weighted by atomic mass is 32.1. The number of anilines is 1. The molecule has 2 aromatic rings. The Morgan fingerprint density at radius 2 is 2.12 bits per heavy atom. The Bertz CT molecular complexity index is 903. The molecule has 1 heterocycles. The molecule has 25 heavy (non-hydrogen) atoms. The van der Waals surface area contributed by atoms with Crippen LogP contribution >= 0.6 is 23.6 Å². The number of ether oxygens (including phenoxy) is 1. The van der Waals surface area contributed by atoms with E-state index in [2.05, 4.69) is 15.4 Å². The Labute approximate surface area is 152 Å². The molecule has 6 nitrogen and oxygen atoms in total. The number of rotatable bonds is 3. The summed E-state index contributed by atoms with van der Waals surface area (Å²) in [5, 5.41) is 14.6. The number of thiocarbonyl (C=S) groups is 1. The van der Waals surface area contributed by atoms with Crippen LogP contribution in [0.3, 0.4) is 0 Å². The van der Waals surface area contributed by atoms with Crippen LogP contribution in [0.2, 0.25) is 0 Å². The zero-order chi connectivity index (χ0) is 18.6. The van der Waals surface area contributed by atoms with Crippen molar-refractivity contribution in [1.82, 2.24) is 5.32 Å². The lowest BCUT2D eigenvalue weighted by Crippen LogP contribution is -2.34. The average molecular weight is 377 g/mol. The number of esters is 1. The summed E-state index contributed by atoms with van der Waals surface area (Å²) < 4.78 is 17.8. The van der Waals surface area contributed by atoms with Crippen molar-refractivity contribution in [2.24, 2.45) is 0 Å². The van der Waals surface area contributed by atoms with Crippen LogP contribution in [0.4, 0.5) is 9.39 Å². The van der Waals surface area contributed by atoms with Crippen LogP contribution in [0.1, 0.15) is 31.2 Å². The second kappa shape index (κ2) is 7.83. The van der Waals surface area contributed by atoms with Gasteiger partial charge < -0.3 is 10.1 Å². The lowest BCUT2D eigenvalue weighted by molar-refractivity contribution is 0.0605. The van der Waals surface area contributed by atoms with Gasteiger partial charge in [-0.15, -0.1) is 11.3 Å². The number of hydrogen-bond donors (Lipinski definition) is 2. The van der Waals surface area contributed by atoms with Crippen LogP contribution in [-0.2, 0) is 4.74 Å². The molecule has 0 spiro atoms. The SMILES string of the molecule is COC(=O)c1sc(NC(=S)NC(=O)c2cccc(F)c2)c(C#N)c1C. The molecule has 0 saturated carbocycles. The highest BCUT2D eigenvalue weighted by molar-refractivity contribution is 7.80. The van der Waals surface area contributed by atoms with Crippen molar-refractivity contribution in [3.63, 3.8) is 0 Å². The fourth-order valence-corrected chi connectivity index (χ4v) is 3.30. The molecule has 0 aliphatic carbocycles. The van der Waals surface area contributed by atoms with Crippen LogP contribution < -0.4 is 10.6 Å². The molecule has 0 unspecified atom stereocenters. The quantitative estimate of drug-likeness (QED) is 0.631. The van der Waals surface area contributed by atoms with E-state index in [1.165, 1.54) is 25.3 Å². The predicted molar refractivity (Wildman–Crippen MR) is 95.2 cm³/mol. The number of halogens is 1. The molecule has 2 rings (SSSR count). The molecule has 1 aromatic heterocycles. The maximum Gasteiger partial charge on any atom is 0.348 e. The third-order valence-corrected chi connectivity index (χ3v) is 4.56. The Balaban J connectivity index is 2.17. The van der Waals surface area contributed by atoms with Crippen molar-refractivity contribution >= 4 is 45.5 Å². The smallest absolute Gasteiger partial charge is 0.348 e. The fourth-order valence-electron chi connectivity index (χ4n) is 1.96. The van der Waals surface area contributed by atoms with Crippen molar-refractivity contribution < 1.29 is 18.7 Å². The molecular weight excluding hydrogens is 365 g/mol. The Kier molecular flexibility index (Phi) is 5.80. The second-order valence-corrected chi connectivity index (χ2v) is 6.21. The summed E-state index contributed by atoms with van der Waals surface area (Å²) in [6, 6.07) is 7.11. The van der Waals surface area contributed by atoms with Gasteiger partial charge in [0.05, 0.1) is 12.7 Å². The number of carbonyl (C=O) groups is 2.